The monoisotopic (exact) mass is 311 g/mol. The van der Waals surface area contributed by atoms with Gasteiger partial charge in [-0.1, -0.05) is 60.7 Å². The molecule has 0 saturated heterocycles. The minimum absolute atomic E-state index is 0.0934. The van der Waals surface area contributed by atoms with Crippen LogP contribution in [0.3, 0.4) is 0 Å². The maximum absolute atomic E-state index is 12.5. The predicted octanol–water partition coefficient (Wildman–Crippen LogP) is 3.92. The normalized spacial score (nSPS) is 11.6. The van der Waals surface area contributed by atoms with Crippen LogP contribution in [0.2, 0.25) is 0 Å². The van der Waals surface area contributed by atoms with Gasteiger partial charge in [0.1, 0.15) is 6.61 Å². The molecule has 0 radical (unpaired) electrons. The lowest BCUT2D eigenvalue weighted by atomic mass is 10.0. The Morgan fingerprint density at radius 1 is 1.00 bits per heavy atom. The van der Waals surface area contributed by atoms with Crippen LogP contribution in [0.1, 0.15) is 29.8 Å². The van der Waals surface area contributed by atoms with Crippen molar-refractivity contribution in [2.24, 2.45) is 0 Å². The number of rotatable bonds is 6. The van der Waals surface area contributed by atoms with E-state index in [2.05, 4.69) is 0 Å². The summed E-state index contributed by atoms with van der Waals surface area (Å²) in [5.41, 5.74) is 1.51. The maximum atomic E-state index is 12.5. The number of nitrogens with zero attached hydrogens (tertiary/aromatic N) is 1. The molecule has 120 valence electrons. The van der Waals surface area contributed by atoms with E-state index in [1.165, 1.54) is 4.90 Å². The summed E-state index contributed by atoms with van der Waals surface area (Å²) in [7, 11) is 0. The van der Waals surface area contributed by atoms with E-state index in [0.717, 1.165) is 5.56 Å². The molecule has 2 rings (SSSR count). The molecule has 0 fully saturated rings. The van der Waals surface area contributed by atoms with Crippen molar-refractivity contribution in [1.29, 1.82) is 0 Å². The lowest BCUT2D eigenvalue weighted by molar-refractivity contribution is 0.0691. The number of hydrogen-bond acceptors (Lipinski definition) is 3. The molecule has 0 unspecified atom stereocenters. The van der Waals surface area contributed by atoms with E-state index in [4.69, 9.17) is 4.74 Å². The van der Waals surface area contributed by atoms with Gasteiger partial charge in [-0.15, -0.1) is 0 Å². The molecule has 0 saturated carbocycles. The summed E-state index contributed by atoms with van der Waals surface area (Å²) >= 11 is 0. The zero-order valence-electron chi connectivity index (χ0n) is 13.4. The maximum Gasteiger partial charge on any atom is 0.410 e. The van der Waals surface area contributed by atoms with Gasteiger partial charge < -0.3 is 4.74 Å². The number of ketones is 1. The summed E-state index contributed by atoms with van der Waals surface area (Å²) in [6, 6.07) is 17.9. The molecule has 0 heterocycles. The van der Waals surface area contributed by atoms with Crippen molar-refractivity contribution < 1.29 is 14.3 Å². The first-order valence-corrected chi connectivity index (χ1v) is 7.70. The second-order valence-corrected chi connectivity index (χ2v) is 5.23. The number of hydrogen-bond donors (Lipinski definition) is 0. The first-order chi connectivity index (χ1) is 11.1. The summed E-state index contributed by atoms with van der Waals surface area (Å²) in [6.07, 6.45) is -0.479. The molecule has 2 aromatic rings. The fourth-order valence-corrected chi connectivity index (χ4v) is 2.35. The number of Topliss-reactive ketones (excluding diaryl/α,β-unsaturated/α-hetero) is 1. The summed E-state index contributed by atoms with van der Waals surface area (Å²) < 4.78 is 5.32. The highest BCUT2D eigenvalue weighted by Gasteiger charge is 2.26. The number of ether oxygens (including phenoxy) is 1. The average molecular weight is 311 g/mol. The molecule has 0 aliphatic heterocycles. The lowest BCUT2D eigenvalue weighted by Crippen LogP contribution is -2.43. The van der Waals surface area contributed by atoms with Gasteiger partial charge in [-0.05, 0) is 19.4 Å². The van der Waals surface area contributed by atoms with E-state index >= 15 is 0 Å². The Balaban J connectivity index is 2.00. The molecule has 0 N–H and O–H groups in total. The van der Waals surface area contributed by atoms with E-state index in [1.54, 1.807) is 19.1 Å². The molecular formula is C19H21NO3. The molecule has 0 aromatic heterocycles. The number of amides is 1. The van der Waals surface area contributed by atoms with Crippen LogP contribution in [0.4, 0.5) is 4.79 Å². The van der Waals surface area contributed by atoms with E-state index in [1.807, 2.05) is 55.5 Å². The Labute approximate surface area is 136 Å². The van der Waals surface area contributed by atoms with Crippen LogP contribution in [-0.2, 0) is 11.3 Å². The zero-order valence-corrected chi connectivity index (χ0v) is 13.4. The van der Waals surface area contributed by atoms with Crippen molar-refractivity contribution in [2.75, 3.05) is 6.54 Å². The van der Waals surface area contributed by atoms with Crippen molar-refractivity contribution >= 4 is 11.9 Å². The Kier molecular flexibility index (Phi) is 5.92. The van der Waals surface area contributed by atoms with Crippen LogP contribution < -0.4 is 0 Å². The predicted molar refractivity (Wildman–Crippen MR) is 89.2 cm³/mol. The van der Waals surface area contributed by atoms with Crippen molar-refractivity contribution in [1.82, 2.24) is 4.90 Å². The molecule has 0 spiro atoms. The highest BCUT2D eigenvalue weighted by atomic mass is 16.6. The topological polar surface area (TPSA) is 46.6 Å². The third-order valence-corrected chi connectivity index (χ3v) is 3.69. The van der Waals surface area contributed by atoms with Crippen LogP contribution in [0.5, 0.6) is 0 Å². The largest absolute Gasteiger partial charge is 0.445 e. The Hall–Kier alpha value is -2.62. The van der Waals surface area contributed by atoms with Crippen molar-refractivity contribution in [3.05, 3.63) is 71.8 Å². The van der Waals surface area contributed by atoms with Gasteiger partial charge >= 0.3 is 6.09 Å². The highest BCUT2D eigenvalue weighted by molar-refractivity contribution is 6.01. The quantitative estimate of drug-likeness (QED) is 0.760. The minimum Gasteiger partial charge on any atom is -0.445 e. The van der Waals surface area contributed by atoms with Crippen molar-refractivity contribution in [2.45, 2.75) is 26.5 Å². The fraction of sp³-hybridized carbons (Fsp3) is 0.263. The van der Waals surface area contributed by atoms with Gasteiger partial charge in [0.15, 0.2) is 5.78 Å². The van der Waals surface area contributed by atoms with Crippen LogP contribution in [0.15, 0.2) is 60.7 Å². The van der Waals surface area contributed by atoms with Crippen LogP contribution in [0, 0.1) is 0 Å². The number of benzene rings is 2. The van der Waals surface area contributed by atoms with Gasteiger partial charge in [0.05, 0.1) is 6.04 Å². The van der Waals surface area contributed by atoms with E-state index in [9.17, 15) is 9.59 Å². The molecule has 1 amide bonds. The van der Waals surface area contributed by atoms with Crippen LogP contribution in [-0.4, -0.2) is 29.4 Å². The van der Waals surface area contributed by atoms with Gasteiger partial charge in [0.25, 0.3) is 0 Å². The molecule has 0 aliphatic rings. The number of carbonyl (C=O) groups is 2. The smallest absolute Gasteiger partial charge is 0.410 e. The Morgan fingerprint density at radius 2 is 1.57 bits per heavy atom. The summed E-state index contributed by atoms with van der Waals surface area (Å²) in [6.45, 7) is 4.16. The minimum atomic E-state index is -0.564. The second-order valence-electron chi connectivity index (χ2n) is 5.23. The molecule has 0 aliphatic carbocycles. The molecule has 0 bridgehead atoms. The molecular weight excluding hydrogens is 290 g/mol. The summed E-state index contributed by atoms with van der Waals surface area (Å²) in [5.74, 6) is -0.0934. The Bertz CT molecular complexity index is 640. The Morgan fingerprint density at radius 3 is 2.13 bits per heavy atom. The first-order valence-electron chi connectivity index (χ1n) is 7.70. The van der Waals surface area contributed by atoms with Crippen molar-refractivity contribution in [3.63, 3.8) is 0 Å². The van der Waals surface area contributed by atoms with Crippen LogP contribution >= 0.6 is 0 Å². The number of likely N-dealkylation sites (N-methyl/N-ethyl adjacent to an activating group) is 1. The third-order valence-electron chi connectivity index (χ3n) is 3.69. The van der Waals surface area contributed by atoms with E-state index in [-0.39, 0.29) is 12.4 Å². The van der Waals surface area contributed by atoms with Gasteiger partial charge in [0, 0.05) is 12.1 Å². The molecule has 1 atom stereocenters. The average Bonchev–Trinajstić information content (AvgIpc) is 2.61. The third kappa shape index (κ3) is 4.42. The number of carbonyl (C=O) groups excluding carboxylic acids is 2. The van der Waals surface area contributed by atoms with Gasteiger partial charge in [-0.3, -0.25) is 9.69 Å². The second kappa shape index (κ2) is 8.13. The SMILES string of the molecule is CCN(C(=O)OCc1ccccc1)[C@@H](C)C(=O)c1ccccc1. The van der Waals surface area contributed by atoms with Gasteiger partial charge in [0.2, 0.25) is 0 Å². The standard InChI is InChI=1S/C19H21NO3/c1-3-20(15(2)18(21)17-12-8-5-9-13-17)19(22)23-14-16-10-6-4-7-11-16/h4-13,15H,3,14H2,1-2H3/t15-/m0/s1. The van der Waals surface area contributed by atoms with Gasteiger partial charge in [-0.25, -0.2) is 4.79 Å². The fourth-order valence-electron chi connectivity index (χ4n) is 2.35. The first kappa shape index (κ1) is 16.7. The highest BCUT2D eigenvalue weighted by Crippen LogP contribution is 2.11. The molecule has 4 heteroatoms. The van der Waals surface area contributed by atoms with Crippen LogP contribution in [0.25, 0.3) is 0 Å². The molecule has 4 nitrogen and oxygen atoms in total. The van der Waals surface area contributed by atoms with Crippen molar-refractivity contribution in [3.8, 4) is 0 Å². The van der Waals surface area contributed by atoms with E-state index in [0.29, 0.717) is 12.1 Å². The zero-order chi connectivity index (χ0) is 16.7. The summed E-state index contributed by atoms with van der Waals surface area (Å²) in [5, 5.41) is 0. The molecule has 2 aromatic carbocycles. The lowest BCUT2D eigenvalue weighted by Gasteiger charge is -2.26. The van der Waals surface area contributed by atoms with Gasteiger partial charge in [-0.2, -0.15) is 0 Å². The molecule has 23 heavy (non-hydrogen) atoms. The summed E-state index contributed by atoms with van der Waals surface area (Å²) in [4.78, 5) is 26.2. The van der Waals surface area contributed by atoms with E-state index < -0.39 is 12.1 Å².